The SMILES string of the molecule is COc1cc(N2CCC(CN3CC4CNCC4C3)CC2)c(C2CC2)cc1[N+](=O)[O-]. The molecule has 7 heteroatoms. The molecule has 1 aromatic carbocycles. The van der Waals surface area contributed by atoms with E-state index in [2.05, 4.69) is 15.1 Å². The lowest BCUT2D eigenvalue weighted by atomic mass is 9.94. The summed E-state index contributed by atoms with van der Waals surface area (Å²) in [6.45, 7) is 8.24. The minimum atomic E-state index is -0.318. The van der Waals surface area contributed by atoms with E-state index >= 15 is 0 Å². The van der Waals surface area contributed by atoms with E-state index in [1.165, 1.54) is 52.7 Å². The van der Waals surface area contributed by atoms with Gasteiger partial charge in [-0.15, -0.1) is 0 Å². The number of benzene rings is 1. The monoisotopic (exact) mass is 400 g/mol. The Morgan fingerprint density at radius 2 is 1.83 bits per heavy atom. The molecule has 1 saturated carbocycles. The Labute approximate surface area is 172 Å². The number of nitrogens with zero attached hydrogens (tertiary/aromatic N) is 3. The third-order valence-corrected chi connectivity index (χ3v) is 7.48. The van der Waals surface area contributed by atoms with Crippen molar-refractivity contribution in [1.29, 1.82) is 0 Å². The lowest BCUT2D eigenvalue weighted by Gasteiger charge is -2.36. The largest absolute Gasteiger partial charge is 0.490 e. The third-order valence-electron chi connectivity index (χ3n) is 7.48. The second-order valence-corrected chi connectivity index (χ2v) is 9.44. The van der Waals surface area contributed by atoms with E-state index in [1.807, 2.05) is 6.07 Å². The number of fused-ring (bicyclic) bond motifs is 1. The van der Waals surface area contributed by atoms with Gasteiger partial charge >= 0.3 is 5.69 Å². The summed E-state index contributed by atoms with van der Waals surface area (Å²) < 4.78 is 5.36. The highest BCUT2D eigenvalue weighted by Crippen LogP contribution is 2.48. The number of rotatable bonds is 6. The van der Waals surface area contributed by atoms with E-state index in [0.717, 1.165) is 54.9 Å². The van der Waals surface area contributed by atoms with E-state index in [-0.39, 0.29) is 10.6 Å². The first kappa shape index (κ1) is 19.1. The van der Waals surface area contributed by atoms with Crippen LogP contribution in [0.2, 0.25) is 0 Å². The van der Waals surface area contributed by atoms with Crippen molar-refractivity contribution >= 4 is 11.4 Å². The number of nitrogens with one attached hydrogen (secondary N) is 1. The summed E-state index contributed by atoms with van der Waals surface area (Å²) in [5.41, 5.74) is 2.41. The third kappa shape index (κ3) is 3.82. The van der Waals surface area contributed by atoms with Gasteiger partial charge in [-0.05, 0) is 68.0 Å². The molecule has 1 N–H and O–H groups in total. The van der Waals surface area contributed by atoms with Crippen LogP contribution in [-0.2, 0) is 0 Å². The Morgan fingerprint density at radius 1 is 1.14 bits per heavy atom. The highest BCUT2D eigenvalue weighted by atomic mass is 16.6. The summed E-state index contributed by atoms with van der Waals surface area (Å²) >= 11 is 0. The minimum absolute atomic E-state index is 0.0992. The Hall–Kier alpha value is -1.86. The van der Waals surface area contributed by atoms with Crippen LogP contribution in [0.1, 0.15) is 37.2 Å². The molecule has 0 aromatic heterocycles. The fraction of sp³-hybridized carbons (Fsp3) is 0.727. The molecule has 5 rings (SSSR count). The standard InChI is InChI=1S/C22H32N4O3/c1-29-22-9-20(19(16-2-3-16)8-21(22)26(27)28)25-6-4-15(5-7-25)12-24-13-17-10-23-11-18(17)14-24/h8-9,15-18,23H,2-7,10-14H2,1H3. The summed E-state index contributed by atoms with van der Waals surface area (Å²) in [7, 11) is 1.52. The topological polar surface area (TPSA) is 70.9 Å². The van der Waals surface area contributed by atoms with Gasteiger partial charge in [-0.2, -0.15) is 0 Å². The summed E-state index contributed by atoms with van der Waals surface area (Å²) in [5, 5.41) is 15.0. The van der Waals surface area contributed by atoms with Crippen LogP contribution in [0.15, 0.2) is 12.1 Å². The van der Waals surface area contributed by atoms with Gasteiger partial charge in [-0.25, -0.2) is 0 Å². The van der Waals surface area contributed by atoms with Gasteiger partial charge in [0.15, 0.2) is 5.75 Å². The zero-order valence-corrected chi connectivity index (χ0v) is 17.3. The van der Waals surface area contributed by atoms with E-state index in [1.54, 1.807) is 6.07 Å². The van der Waals surface area contributed by atoms with Crippen LogP contribution in [0, 0.1) is 27.9 Å². The van der Waals surface area contributed by atoms with Gasteiger partial charge in [-0.3, -0.25) is 10.1 Å². The zero-order chi connectivity index (χ0) is 20.0. The summed E-state index contributed by atoms with van der Waals surface area (Å²) in [6, 6.07) is 3.69. The predicted octanol–water partition coefficient (Wildman–Crippen LogP) is 2.85. The lowest BCUT2D eigenvalue weighted by Crippen LogP contribution is -2.39. The minimum Gasteiger partial charge on any atom is -0.490 e. The highest BCUT2D eigenvalue weighted by molar-refractivity contribution is 5.66. The molecular formula is C22H32N4O3. The number of piperidine rings is 1. The molecule has 29 heavy (non-hydrogen) atoms. The quantitative estimate of drug-likeness (QED) is 0.585. The number of hydrogen-bond donors (Lipinski definition) is 1. The fourth-order valence-corrected chi connectivity index (χ4v) is 5.70. The maximum atomic E-state index is 11.4. The number of hydrogen-bond acceptors (Lipinski definition) is 6. The number of ether oxygens (including phenoxy) is 1. The van der Waals surface area contributed by atoms with E-state index in [0.29, 0.717) is 11.7 Å². The summed E-state index contributed by atoms with van der Waals surface area (Å²) in [5.74, 6) is 3.36. The normalized spacial score (nSPS) is 28.0. The van der Waals surface area contributed by atoms with Crippen LogP contribution in [0.4, 0.5) is 11.4 Å². The van der Waals surface area contributed by atoms with E-state index in [9.17, 15) is 10.1 Å². The second kappa shape index (κ2) is 7.76. The zero-order valence-electron chi connectivity index (χ0n) is 17.3. The Morgan fingerprint density at radius 3 is 2.41 bits per heavy atom. The van der Waals surface area contributed by atoms with Crippen molar-refractivity contribution in [2.45, 2.75) is 31.6 Å². The Bertz CT molecular complexity index is 762. The van der Waals surface area contributed by atoms with Crippen molar-refractivity contribution in [2.75, 3.05) is 57.8 Å². The molecule has 2 atom stereocenters. The number of nitro groups is 1. The van der Waals surface area contributed by atoms with Gasteiger partial charge in [0, 0.05) is 50.5 Å². The molecule has 3 aliphatic heterocycles. The van der Waals surface area contributed by atoms with Crippen molar-refractivity contribution in [3.63, 3.8) is 0 Å². The maximum Gasteiger partial charge on any atom is 0.311 e. The lowest BCUT2D eigenvalue weighted by molar-refractivity contribution is -0.385. The average Bonchev–Trinajstić information content (AvgIpc) is 3.37. The van der Waals surface area contributed by atoms with Gasteiger partial charge in [0.05, 0.1) is 12.0 Å². The van der Waals surface area contributed by atoms with Crippen molar-refractivity contribution in [2.24, 2.45) is 17.8 Å². The summed E-state index contributed by atoms with van der Waals surface area (Å²) in [4.78, 5) is 16.3. The van der Waals surface area contributed by atoms with Crippen LogP contribution in [0.25, 0.3) is 0 Å². The van der Waals surface area contributed by atoms with Crippen LogP contribution in [0.5, 0.6) is 5.75 Å². The highest BCUT2D eigenvalue weighted by Gasteiger charge is 2.37. The van der Waals surface area contributed by atoms with Gasteiger partial charge < -0.3 is 19.9 Å². The first-order chi connectivity index (χ1) is 14.1. The first-order valence-corrected chi connectivity index (χ1v) is 11.2. The molecule has 0 amide bonds. The van der Waals surface area contributed by atoms with Crippen LogP contribution >= 0.6 is 0 Å². The van der Waals surface area contributed by atoms with Crippen molar-refractivity contribution < 1.29 is 9.66 Å². The molecule has 158 valence electrons. The molecular weight excluding hydrogens is 368 g/mol. The molecule has 0 radical (unpaired) electrons. The molecule has 0 bridgehead atoms. The van der Waals surface area contributed by atoms with Crippen molar-refractivity contribution in [3.8, 4) is 5.75 Å². The molecule has 2 unspecified atom stereocenters. The molecule has 3 saturated heterocycles. The average molecular weight is 401 g/mol. The second-order valence-electron chi connectivity index (χ2n) is 9.44. The fourth-order valence-electron chi connectivity index (χ4n) is 5.70. The molecule has 1 aliphatic carbocycles. The number of likely N-dealkylation sites (tertiary alicyclic amines) is 1. The van der Waals surface area contributed by atoms with Crippen LogP contribution < -0.4 is 15.0 Å². The number of nitro benzene ring substituents is 1. The number of anilines is 1. The molecule has 4 fully saturated rings. The Balaban J connectivity index is 1.25. The first-order valence-electron chi connectivity index (χ1n) is 11.2. The van der Waals surface area contributed by atoms with Crippen LogP contribution in [0.3, 0.4) is 0 Å². The molecule has 3 heterocycles. The van der Waals surface area contributed by atoms with Gasteiger partial charge in [0.1, 0.15) is 0 Å². The Kier molecular flexibility index (Phi) is 5.12. The molecule has 7 nitrogen and oxygen atoms in total. The van der Waals surface area contributed by atoms with E-state index in [4.69, 9.17) is 4.74 Å². The number of methoxy groups -OCH3 is 1. The van der Waals surface area contributed by atoms with Crippen molar-refractivity contribution in [3.05, 3.63) is 27.8 Å². The predicted molar refractivity (Wildman–Crippen MR) is 113 cm³/mol. The van der Waals surface area contributed by atoms with Gasteiger partial charge in [-0.1, -0.05) is 0 Å². The van der Waals surface area contributed by atoms with Crippen LogP contribution in [-0.4, -0.2) is 62.7 Å². The maximum absolute atomic E-state index is 11.4. The van der Waals surface area contributed by atoms with E-state index < -0.39 is 0 Å². The smallest absolute Gasteiger partial charge is 0.311 e. The molecule has 4 aliphatic rings. The molecule has 0 spiro atoms. The summed E-state index contributed by atoms with van der Waals surface area (Å²) in [6.07, 6.45) is 4.68. The van der Waals surface area contributed by atoms with Gasteiger partial charge in [0.2, 0.25) is 0 Å². The van der Waals surface area contributed by atoms with Crippen molar-refractivity contribution in [1.82, 2.24) is 10.2 Å². The van der Waals surface area contributed by atoms with Gasteiger partial charge in [0.25, 0.3) is 0 Å². The molecule has 1 aromatic rings.